The minimum Gasteiger partial charge on any atom is -0.493 e. The number of hydrogen-bond donors (Lipinski definition) is 0. The van der Waals surface area contributed by atoms with Gasteiger partial charge in [0.25, 0.3) is 5.91 Å². The Labute approximate surface area is 146 Å². The highest BCUT2D eigenvalue weighted by Gasteiger charge is 2.18. The summed E-state index contributed by atoms with van der Waals surface area (Å²) in [6, 6.07) is 5.65. The predicted octanol–water partition coefficient (Wildman–Crippen LogP) is 2.97. The summed E-state index contributed by atoms with van der Waals surface area (Å²) >= 11 is 1.43. The summed E-state index contributed by atoms with van der Waals surface area (Å²) in [5.74, 6) is 1.22. The summed E-state index contributed by atoms with van der Waals surface area (Å²) < 4.78 is 15.6. The third-order valence-electron chi connectivity index (χ3n) is 3.53. The lowest BCUT2D eigenvalue weighted by molar-refractivity contribution is 0.0746. The molecule has 0 radical (unpaired) electrons. The summed E-state index contributed by atoms with van der Waals surface area (Å²) in [5.41, 5.74) is 1.42. The Morgan fingerprint density at radius 1 is 1.21 bits per heavy atom. The van der Waals surface area contributed by atoms with Crippen LogP contribution in [0.1, 0.15) is 28.0 Å². The molecule has 0 N–H and O–H groups in total. The third kappa shape index (κ3) is 4.24. The third-order valence-corrected chi connectivity index (χ3v) is 4.35. The van der Waals surface area contributed by atoms with Crippen molar-refractivity contribution in [1.29, 1.82) is 0 Å². The van der Waals surface area contributed by atoms with Gasteiger partial charge >= 0.3 is 0 Å². The first-order chi connectivity index (χ1) is 11.6. The number of methoxy groups -OCH3 is 3. The van der Waals surface area contributed by atoms with Gasteiger partial charge in [-0.2, -0.15) is 0 Å². The number of carbonyl (C=O) groups is 1. The van der Waals surface area contributed by atoms with E-state index in [2.05, 4.69) is 4.98 Å². The lowest BCUT2D eigenvalue weighted by atomic mass is 10.2. The Kier molecular flexibility index (Phi) is 6.57. The maximum absolute atomic E-state index is 12.6. The zero-order chi connectivity index (χ0) is 17.5. The fourth-order valence-electron chi connectivity index (χ4n) is 2.29. The topological polar surface area (TPSA) is 60.9 Å². The van der Waals surface area contributed by atoms with Crippen LogP contribution in [0.5, 0.6) is 11.5 Å². The summed E-state index contributed by atoms with van der Waals surface area (Å²) in [7, 11) is 4.80. The van der Waals surface area contributed by atoms with Crippen molar-refractivity contribution in [3.63, 3.8) is 0 Å². The van der Waals surface area contributed by atoms with Crippen molar-refractivity contribution in [3.05, 3.63) is 39.8 Å². The molecule has 0 aliphatic carbocycles. The van der Waals surface area contributed by atoms with E-state index in [-0.39, 0.29) is 5.91 Å². The van der Waals surface area contributed by atoms with E-state index in [9.17, 15) is 4.79 Å². The Morgan fingerprint density at radius 2 is 1.96 bits per heavy atom. The Balaban J connectivity index is 2.14. The molecule has 2 aromatic rings. The van der Waals surface area contributed by atoms with E-state index in [1.54, 1.807) is 31.6 Å². The van der Waals surface area contributed by atoms with Crippen molar-refractivity contribution in [3.8, 4) is 11.5 Å². The maximum Gasteiger partial charge on any atom is 0.273 e. The molecule has 0 aliphatic heterocycles. The fraction of sp³-hybridized carbons (Fsp3) is 0.412. The van der Waals surface area contributed by atoms with Crippen molar-refractivity contribution in [2.24, 2.45) is 0 Å². The zero-order valence-corrected chi connectivity index (χ0v) is 15.2. The van der Waals surface area contributed by atoms with Crippen molar-refractivity contribution in [1.82, 2.24) is 9.88 Å². The minimum absolute atomic E-state index is 0.0918. The average Bonchev–Trinajstić information content (AvgIpc) is 3.07. The normalized spacial score (nSPS) is 10.5. The number of amides is 1. The second-order valence-electron chi connectivity index (χ2n) is 5.07. The number of ether oxygens (including phenoxy) is 3. The number of aromatic nitrogens is 1. The second kappa shape index (κ2) is 8.65. The van der Waals surface area contributed by atoms with Crippen LogP contribution in [-0.4, -0.2) is 43.7 Å². The van der Waals surface area contributed by atoms with Gasteiger partial charge in [0.05, 0.1) is 20.8 Å². The number of rotatable bonds is 8. The van der Waals surface area contributed by atoms with E-state index in [4.69, 9.17) is 14.2 Å². The molecule has 1 amide bonds. The molecule has 0 spiro atoms. The van der Waals surface area contributed by atoms with Crippen molar-refractivity contribution < 1.29 is 19.0 Å². The summed E-state index contributed by atoms with van der Waals surface area (Å²) in [6.07, 6.45) is 0. The van der Waals surface area contributed by atoms with Gasteiger partial charge in [-0.05, 0) is 24.6 Å². The Hall–Kier alpha value is -2.12. The van der Waals surface area contributed by atoms with E-state index in [1.807, 2.05) is 25.1 Å². The van der Waals surface area contributed by atoms with E-state index in [0.29, 0.717) is 36.9 Å². The molecular formula is C17H22N2O4S. The Morgan fingerprint density at radius 3 is 2.58 bits per heavy atom. The van der Waals surface area contributed by atoms with Crippen LogP contribution in [0.25, 0.3) is 0 Å². The number of hydrogen-bond acceptors (Lipinski definition) is 6. The molecule has 6 nitrogen and oxygen atoms in total. The zero-order valence-electron chi connectivity index (χ0n) is 14.4. The molecule has 0 saturated heterocycles. The molecule has 0 unspecified atom stereocenters. The highest BCUT2D eigenvalue weighted by molar-refractivity contribution is 7.09. The van der Waals surface area contributed by atoms with E-state index < -0.39 is 0 Å². The molecule has 2 rings (SSSR count). The number of thiazole rings is 1. The second-order valence-corrected chi connectivity index (χ2v) is 6.01. The smallest absolute Gasteiger partial charge is 0.273 e. The van der Waals surface area contributed by atoms with Crippen molar-refractivity contribution in [2.75, 3.05) is 27.9 Å². The first kappa shape index (κ1) is 18.2. The van der Waals surface area contributed by atoms with E-state index in [1.165, 1.54) is 11.3 Å². The summed E-state index contributed by atoms with van der Waals surface area (Å²) in [6.45, 7) is 3.43. The highest BCUT2D eigenvalue weighted by atomic mass is 32.1. The van der Waals surface area contributed by atoms with Crippen LogP contribution in [0.4, 0.5) is 0 Å². The van der Waals surface area contributed by atoms with Gasteiger partial charge in [0, 0.05) is 25.6 Å². The standard InChI is InChI=1S/C17H22N2O4S/c1-5-19(17(20)13-11-24-16(18-13)10-21-2)9-12-6-7-14(22-3)15(8-12)23-4/h6-8,11H,5,9-10H2,1-4H3. The van der Waals surface area contributed by atoms with Crippen LogP contribution in [0, 0.1) is 0 Å². The lowest BCUT2D eigenvalue weighted by Gasteiger charge is -2.20. The molecule has 0 bridgehead atoms. The van der Waals surface area contributed by atoms with Crippen LogP contribution in [0.15, 0.2) is 23.6 Å². The van der Waals surface area contributed by atoms with Gasteiger partial charge in [0.2, 0.25) is 0 Å². The SMILES string of the molecule is CCN(Cc1ccc(OC)c(OC)c1)C(=O)c1csc(COC)n1. The van der Waals surface area contributed by atoms with Crippen LogP contribution in [-0.2, 0) is 17.9 Å². The number of nitrogens with zero attached hydrogens (tertiary/aromatic N) is 2. The van der Waals surface area contributed by atoms with Crippen molar-refractivity contribution in [2.45, 2.75) is 20.1 Å². The molecule has 0 saturated carbocycles. The largest absolute Gasteiger partial charge is 0.493 e. The first-order valence-electron chi connectivity index (χ1n) is 7.56. The van der Waals surface area contributed by atoms with Gasteiger partial charge in [0.15, 0.2) is 11.5 Å². The monoisotopic (exact) mass is 350 g/mol. The first-order valence-corrected chi connectivity index (χ1v) is 8.44. The van der Waals surface area contributed by atoms with E-state index in [0.717, 1.165) is 10.6 Å². The highest BCUT2D eigenvalue weighted by Crippen LogP contribution is 2.28. The van der Waals surface area contributed by atoms with Gasteiger partial charge < -0.3 is 19.1 Å². The molecule has 1 aromatic heterocycles. The Bertz CT molecular complexity index is 687. The van der Waals surface area contributed by atoms with Crippen LogP contribution >= 0.6 is 11.3 Å². The van der Waals surface area contributed by atoms with Gasteiger partial charge in [-0.3, -0.25) is 4.79 Å². The van der Waals surface area contributed by atoms with Crippen LogP contribution in [0.2, 0.25) is 0 Å². The van der Waals surface area contributed by atoms with Crippen LogP contribution < -0.4 is 9.47 Å². The van der Waals surface area contributed by atoms with Gasteiger partial charge in [-0.25, -0.2) is 4.98 Å². The van der Waals surface area contributed by atoms with Gasteiger partial charge in [-0.1, -0.05) is 6.07 Å². The number of carbonyl (C=O) groups excluding carboxylic acids is 1. The fourth-order valence-corrected chi connectivity index (χ4v) is 3.03. The molecule has 0 atom stereocenters. The molecule has 0 fully saturated rings. The molecule has 1 heterocycles. The number of benzene rings is 1. The summed E-state index contributed by atoms with van der Waals surface area (Å²) in [4.78, 5) is 18.7. The summed E-state index contributed by atoms with van der Waals surface area (Å²) in [5, 5.41) is 2.57. The van der Waals surface area contributed by atoms with E-state index >= 15 is 0 Å². The maximum atomic E-state index is 12.6. The molecule has 7 heteroatoms. The quantitative estimate of drug-likeness (QED) is 0.732. The van der Waals surface area contributed by atoms with Crippen molar-refractivity contribution >= 4 is 17.2 Å². The predicted molar refractivity (Wildman–Crippen MR) is 92.8 cm³/mol. The average molecular weight is 350 g/mol. The lowest BCUT2D eigenvalue weighted by Crippen LogP contribution is -2.30. The van der Waals surface area contributed by atoms with Gasteiger partial charge in [-0.15, -0.1) is 11.3 Å². The molecule has 0 aliphatic rings. The molecule has 130 valence electrons. The molecule has 1 aromatic carbocycles. The molecular weight excluding hydrogens is 328 g/mol. The van der Waals surface area contributed by atoms with Gasteiger partial charge in [0.1, 0.15) is 10.7 Å². The minimum atomic E-state index is -0.0918. The molecule has 24 heavy (non-hydrogen) atoms. The van der Waals surface area contributed by atoms with Crippen LogP contribution in [0.3, 0.4) is 0 Å².